The Morgan fingerprint density at radius 3 is 2.38 bits per heavy atom. The molecular formula is C25H26N2O3S2. The van der Waals surface area contributed by atoms with Gasteiger partial charge < -0.3 is 14.5 Å². The number of carbonyl (C=O) groups excluding carboxylic acids is 2. The third kappa shape index (κ3) is 5.00. The first-order chi connectivity index (χ1) is 15.6. The number of aryl methyl sites for hydroxylation is 1. The highest BCUT2D eigenvalue weighted by Crippen LogP contribution is 2.29. The van der Waals surface area contributed by atoms with E-state index in [1.807, 2.05) is 59.2 Å². The van der Waals surface area contributed by atoms with E-state index in [2.05, 4.69) is 11.4 Å². The van der Waals surface area contributed by atoms with Gasteiger partial charge in [0.25, 0.3) is 11.8 Å². The summed E-state index contributed by atoms with van der Waals surface area (Å²) in [5.41, 5.74) is 2.34. The molecule has 2 amide bonds. The van der Waals surface area contributed by atoms with Crippen molar-refractivity contribution in [3.8, 4) is 5.75 Å². The van der Waals surface area contributed by atoms with E-state index in [0.717, 1.165) is 21.8 Å². The summed E-state index contributed by atoms with van der Waals surface area (Å²) in [4.78, 5) is 32.1. The molecule has 1 saturated heterocycles. The molecule has 1 aliphatic heterocycles. The molecule has 0 radical (unpaired) electrons. The minimum absolute atomic E-state index is 0.0256. The van der Waals surface area contributed by atoms with Crippen LogP contribution in [0.4, 0.5) is 0 Å². The molecule has 0 spiro atoms. The lowest BCUT2D eigenvalue weighted by atomic mass is 10.1. The van der Waals surface area contributed by atoms with E-state index in [9.17, 15) is 9.59 Å². The Balaban J connectivity index is 1.39. The van der Waals surface area contributed by atoms with Gasteiger partial charge in [-0.3, -0.25) is 9.59 Å². The lowest BCUT2D eigenvalue weighted by Gasteiger charge is -2.35. The number of thioether (sulfide) groups is 1. The largest absolute Gasteiger partial charge is 0.496 e. The molecule has 166 valence electrons. The zero-order valence-corrected chi connectivity index (χ0v) is 19.9. The molecular weight excluding hydrogens is 440 g/mol. The monoisotopic (exact) mass is 466 g/mol. The highest BCUT2D eigenvalue weighted by Gasteiger charge is 2.27. The molecule has 1 aliphatic rings. The normalized spacial score (nSPS) is 13.8. The van der Waals surface area contributed by atoms with Crippen LogP contribution in [-0.2, 0) is 5.75 Å². The summed E-state index contributed by atoms with van der Waals surface area (Å²) in [6, 6.07) is 17.5. The predicted molar refractivity (Wildman–Crippen MR) is 130 cm³/mol. The van der Waals surface area contributed by atoms with E-state index in [-0.39, 0.29) is 11.8 Å². The highest BCUT2D eigenvalue weighted by atomic mass is 32.2. The number of nitrogens with zero attached hydrogens (tertiary/aromatic N) is 2. The van der Waals surface area contributed by atoms with E-state index < -0.39 is 0 Å². The summed E-state index contributed by atoms with van der Waals surface area (Å²) in [7, 11) is 1.61. The van der Waals surface area contributed by atoms with E-state index in [0.29, 0.717) is 37.5 Å². The average Bonchev–Trinajstić information content (AvgIpc) is 3.36. The van der Waals surface area contributed by atoms with E-state index in [1.165, 1.54) is 4.88 Å². The lowest BCUT2D eigenvalue weighted by molar-refractivity contribution is 0.0533. The van der Waals surface area contributed by atoms with Crippen molar-refractivity contribution >= 4 is 34.9 Å². The van der Waals surface area contributed by atoms with Gasteiger partial charge in [-0.1, -0.05) is 24.3 Å². The van der Waals surface area contributed by atoms with Crippen LogP contribution in [0.25, 0.3) is 0 Å². The Hall–Kier alpha value is -2.77. The van der Waals surface area contributed by atoms with Crippen molar-refractivity contribution in [2.75, 3.05) is 33.3 Å². The molecule has 0 unspecified atom stereocenters. The molecule has 4 rings (SSSR count). The van der Waals surface area contributed by atoms with Gasteiger partial charge in [-0.05, 0) is 48.2 Å². The third-order valence-corrected chi connectivity index (χ3v) is 7.76. The summed E-state index contributed by atoms with van der Waals surface area (Å²) in [5, 5.41) is 2.07. The van der Waals surface area contributed by atoms with Gasteiger partial charge in [-0.25, -0.2) is 0 Å². The maximum Gasteiger partial charge on any atom is 0.255 e. The maximum atomic E-state index is 13.2. The fourth-order valence-corrected chi connectivity index (χ4v) is 5.55. The number of hydrogen-bond donors (Lipinski definition) is 0. The SMILES string of the molecule is COc1cc(C(=O)N2CCN(C(=O)c3ccccc3SCc3cccs3)CC2)ccc1C. The number of carbonyl (C=O) groups is 2. The quantitative estimate of drug-likeness (QED) is 0.482. The molecule has 0 atom stereocenters. The van der Waals surface area contributed by atoms with Gasteiger partial charge in [0, 0.05) is 47.3 Å². The zero-order chi connectivity index (χ0) is 22.5. The Morgan fingerprint density at radius 1 is 0.969 bits per heavy atom. The number of amides is 2. The molecule has 3 aromatic rings. The number of hydrogen-bond acceptors (Lipinski definition) is 5. The minimum atomic E-state index is -0.0256. The van der Waals surface area contributed by atoms with Crippen molar-refractivity contribution in [1.29, 1.82) is 0 Å². The summed E-state index contributed by atoms with van der Waals surface area (Å²) >= 11 is 3.42. The van der Waals surface area contributed by atoms with Crippen molar-refractivity contribution < 1.29 is 14.3 Å². The van der Waals surface area contributed by atoms with Gasteiger partial charge >= 0.3 is 0 Å². The topological polar surface area (TPSA) is 49.9 Å². The van der Waals surface area contributed by atoms with Crippen molar-refractivity contribution in [1.82, 2.24) is 9.80 Å². The lowest BCUT2D eigenvalue weighted by Crippen LogP contribution is -2.50. The first-order valence-electron chi connectivity index (χ1n) is 10.5. The summed E-state index contributed by atoms with van der Waals surface area (Å²) in [5.74, 6) is 1.57. The molecule has 2 aromatic carbocycles. The van der Waals surface area contributed by atoms with Gasteiger partial charge in [0.05, 0.1) is 12.7 Å². The van der Waals surface area contributed by atoms with Gasteiger partial charge in [0.1, 0.15) is 5.75 Å². The van der Waals surface area contributed by atoms with Crippen LogP contribution in [0.1, 0.15) is 31.2 Å². The highest BCUT2D eigenvalue weighted by molar-refractivity contribution is 7.98. The summed E-state index contributed by atoms with van der Waals surface area (Å²) in [6.45, 7) is 4.04. The van der Waals surface area contributed by atoms with Crippen molar-refractivity contribution in [2.24, 2.45) is 0 Å². The minimum Gasteiger partial charge on any atom is -0.496 e. The third-order valence-electron chi connectivity index (χ3n) is 5.58. The van der Waals surface area contributed by atoms with Crippen LogP contribution in [0.5, 0.6) is 5.75 Å². The standard InChI is InChI=1S/C25H26N2O3S2/c1-18-9-10-19(16-22(18)30-2)24(28)26-11-13-27(14-12-26)25(29)21-7-3-4-8-23(21)32-17-20-6-5-15-31-20/h3-10,15-16H,11-14,17H2,1-2H3. The Kier molecular flexibility index (Phi) is 7.17. The van der Waals surface area contributed by atoms with Crippen molar-refractivity contribution in [3.63, 3.8) is 0 Å². The van der Waals surface area contributed by atoms with E-state index >= 15 is 0 Å². The van der Waals surface area contributed by atoms with Crippen LogP contribution < -0.4 is 4.74 Å². The average molecular weight is 467 g/mol. The van der Waals surface area contributed by atoms with Crippen LogP contribution in [-0.4, -0.2) is 54.9 Å². The second-order valence-corrected chi connectivity index (χ2v) is 9.68. The molecule has 1 aromatic heterocycles. The number of rotatable bonds is 6. The number of methoxy groups -OCH3 is 1. The second kappa shape index (κ2) is 10.2. The van der Waals surface area contributed by atoms with E-state index in [1.54, 1.807) is 36.3 Å². The van der Waals surface area contributed by atoms with Gasteiger partial charge in [-0.2, -0.15) is 0 Å². The second-order valence-electron chi connectivity index (χ2n) is 7.63. The fraction of sp³-hybridized carbons (Fsp3) is 0.280. The molecule has 2 heterocycles. The van der Waals surface area contributed by atoms with Gasteiger partial charge in [0.2, 0.25) is 0 Å². The molecule has 5 nitrogen and oxygen atoms in total. The summed E-state index contributed by atoms with van der Waals surface area (Å²) in [6.07, 6.45) is 0. The molecule has 0 N–H and O–H groups in total. The zero-order valence-electron chi connectivity index (χ0n) is 18.2. The van der Waals surface area contributed by atoms with Crippen molar-refractivity contribution in [2.45, 2.75) is 17.6 Å². The van der Waals surface area contributed by atoms with Gasteiger partial charge in [0.15, 0.2) is 0 Å². The molecule has 7 heteroatoms. The van der Waals surface area contributed by atoms with E-state index in [4.69, 9.17) is 4.74 Å². The first kappa shape index (κ1) is 22.4. The first-order valence-corrected chi connectivity index (χ1v) is 12.4. The number of ether oxygens (including phenoxy) is 1. The molecule has 1 fully saturated rings. The van der Waals surface area contributed by atoms with Crippen molar-refractivity contribution in [3.05, 3.63) is 81.5 Å². The molecule has 0 bridgehead atoms. The Morgan fingerprint density at radius 2 is 1.69 bits per heavy atom. The number of thiophene rings is 1. The van der Waals surface area contributed by atoms with Crippen LogP contribution in [0.3, 0.4) is 0 Å². The Bertz CT molecular complexity index is 1090. The van der Waals surface area contributed by atoms with Crippen LogP contribution in [0.2, 0.25) is 0 Å². The van der Waals surface area contributed by atoms with Crippen LogP contribution in [0.15, 0.2) is 64.9 Å². The smallest absolute Gasteiger partial charge is 0.255 e. The predicted octanol–water partition coefficient (Wildman–Crippen LogP) is 4.96. The van der Waals surface area contributed by atoms with Crippen LogP contribution >= 0.6 is 23.1 Å². The molecule has 0 aliphatic carbocycles. The Labute approximate surface area is 197 Å². The molecule has 0 saturated carbocycles. The van der Waals surface area contributed by atoms with Crippen LogP contribution in [0, 0.1) is 6.92 Å². The molecule has 32 heavy (non-hydrogen) atoms. The maximum absolute atomic E-state index is 13.2. The number of piperazine rings is 1. The van der Waals surface area contributed by atoms with Gasteiger partial charge in [-0.15, -0.1) is 23.1 Å². The summed E-state index contributed by atoms with van der Waals surface area (Å²) < 4.78 is 5.35. The number of benzene rings is 2. The fourth-order valence-electron chi connectivity index (χ4n) is 3.73.